The van der Waals surface area contributed by atoms with Crippen molar-refractivity contribution in [3.63, 3.8) is 0 Å². The first kappa shape index (κ1) is 29.7. The Balaban J connectivity index is 0.00000380. The molecule has 0 aliphatic carbocycles. The Bertz CT molecular complexity index is 1030. The Morgan fingerprint density at radius 2 is 1.62 bits per heavy atom. The molecule has 4 rings (SSSR count). The summed E-state index contributed by atoms with van der Waals surface area (Å²) in [5.41, 5.74) is -2.62. The first-order chi connectivity index (χ1) is 17.2. The van der Waals surface area contributed by atoms with Crippen LogP contribution >= 0.6 is 35.0 Å². The summed E-state index contributed by atoms with van der Waals surface area (Å²) < 4.78 is 38.2. The number of rotatable bonds is 7. The van der Waals surface area contributed by atoms with E-state index in [1.54, 1.807) is 6.07 Å². The lowest BCUT2D eigenvalue weighted by molar-refractivity contribution is -0.132. The summed E-state index contributed by atoms with van der Waals surface area (Å²) in [6.07, 6.45) is 1.99. The van der Waals surface area contributed by atoms with Crippen LogP contribution in [-0.2, 0) is 4.79 Å². The molecular weight excluding hydrogens is 544 g/mol. The molecule has 0 saturated carbocycles. The number of amides is 1. The molecule has 1 N–H and O–H groups in total. The van der Waals surface area contributed by atoms with Gasteiger partial charge in [-0.15, -0.1) is 0 Å². The Kier molecular flexibility index (Phi) is 10.7. The molecule has 1 amide bonds. The Morgan fingerprint density at radius 1 is 0.973 bits per heavy atom. The molecule has 37 heavy (non-hydrogen) atoms. The first-order valence-corrected chi connectivity index (χ1v) is 13.6. The van der Waals surface area contributed by atoms with Gasteiger partial charge in [0.2, 0.25) is 5.91 Å². The molecule has 2 fully saturated rings. The number of carbonyl (C=O) groups excluding carboxylic acids is 1. The summed E-state index contributed by atoms with van der Waals surface area (Å²) in [5.74, 6) is 0.156. The predicted octanol–water partition coefficient (Wildman–Crippen LogP) is 6.86. The maximum Gasteiger partial charge on any atom is 0.446 e. The van der Waals surface area contributed by atoms with Crippen LogP contribution in [0.25, 0.3) is 0 Å². The number of piperazine rings is 1. The summed E-state index contributed by atoms with van der Waals surface area (Å²) >= 11 is 11.7. The third kappa shape index (κ3) is 8.87. The van der Waals surface area contributed by atoms with E-state index in [-0.39, 0.29) is 41.1 Å². The number of hydrogen-bond acceptors (Lipinski definition) is 5. The van der Waals surface area contributed by atoms with Gasteiger partial charge in [-0.05, 0) is 67.1 Å². The van der Waals surface area contributed by atoms with E-state index < -0.39 is 5.51 Å². The lowest BCUT2D eigenvalue weighted by Gasteiger charge is -2.37. The molecule has 5 nitrogen and oxygen atoms in total. The minimum absolute atomic E-state index is 0. The molecule has 2 aliphatic heterocycles. The summed E-state index contributed by atoms with van der Waals surface area (Å²) in [6, 6.07) is 12.6. The number of benzene rings is 2. The molecule has 0 unspecified atom stereocenters. The highest BCUT2D eigenvalue weighted by Crippen LogP contribution is 2.41. The fourth-order valence-corrected chi connectivity index (χ4v) is 5.56. The van der Waals surface area contributed by atoms with Crippen LogP contribution in [0.5, 0.6) is 0 Å². The number of hydrogen-bond donors (Lipinski definition) is 1. The Labute approximate surface area is 231 Å². The molecule has 2 aromatic rings. The minimum atomic E-state index is -4.39. The van der Waals surface area contributed by atoms with Crippen LogP contribution in [0, 0.1) is 0 Å². The zero-order valence-corrected chi connectivity index (χ0v) is 22.1. The molecule has 2 aliphatic rings. The number of carbonyl (C=O) groups is 1. The number of alkyl halides is 3. The average molecular weight is 578 g/mol. The molecule has 0 aromatic heterocycles. The van der Waals surface area contributed by atoms with Gasteiger partial charge < -0.3 is 15.1 Å². The number of likely N-dealkylation sites (tertiary alicyclic amines) is 1. The third-order valence-corrected chi connectivity index (χ3v) is 8.06. The van der Waals surface area contributed by atoms with Crippen LogP contribution in [0.1, 0.15) is 26.7 Å². The van der Waals surface area contributed by atoms with Gasteiger partial charge in [-0.3, -0.25) is 9.69 Å². The van der Waals surface area contributed by atoms with E-state index in [4.69, 9.17) is 23.2 Å². The highest BCUT2D eigenvalue weighted by atomic mass is 35.5. The molecule has 11 heteroatoms. The smallest absolute Gasteiger partial charge is 0.382 e. The molecule has 2 heterocycles. The van der Waals surface area contributed by atoms with Gasteiger partial charge in [0, 0.05) is 79.6 Å². The molecule has 0 bridgehead atoms. The van der Waals surface area contributed by atoms with Gasteiger partial charge in [-0.2, -0.15) is 13.2 Å². The van der Waals surface area contributed by atoms with Crippen molar-refractivity contribution >= 4 is 52.2 Å². The van der Waals surface area contributed by atoms with Crippen molar-refractivity contribution in [3.8, 4) is 0 Å². The second-order valence-corrected chi connectivity index (χ2v) is 11.0. The van der Waals surface area contributed by atoms with Crippen molar-refractivity contribution in [2.24, 2.45) is 0 Å². The third-order valence-electron chi connectivity index (χ3n) is 6.58. The van der Waals surface area contributed by atoms with E-state index in [9.17, 15) is 18.0 Å². The maximum absolute atomic E-state index is 12.8. The first-order valence-electron chi connectivity index (χ1n) is 12.0. The van der Waals surface area contributed by atoms with E-state index in [0.29, 0.717) is 25.2 Å². The molecule has 0 radical (unpaired) electrons. The van der Waals surface area contributed by atoms with Crippen LogP contribution < -0.4 is 10.2 Å². The summed E-state index contributed by atoms with van der Waals surface area (Å²) in [5, 5.41) is 4.11. The maximum atomic E-state index is 12.8. The SMILES string of the molecule is C.O=C(CCN1CCN(c2ccc(Cl)cc2)CC1)N1CCC(Nc2ccc(Cl)c(SC(F)(F)F)c2)CC1. The number of nitrogens with zero attached hydrogens (tertiary/aromatic N) is 3. The van der Waals surface area contributed by atoms with Gasteiger partial charge in [-0.25, -0.2) is 0 Å². The van der Waals surface area contributed by atoms with Crippen LogP contribution in [0.2, 0.25) is 10.0 Å². The summed E-state index contributed by atoms with van der Waals surface area (Å²) in [6.45, 7) is 5.68. The quantitative estimate of drug-likeness (QED) is 0.365. The number of thioether (sulfide) groups is 1. The fraction of sp³-hybridized carbons (Fsp3) is 0.500. The topological polar surface area (TPSA) is 38.8 Å². The highest BCUT2D eigenvalue weighted by molar-refractivity contribution is 8.00. The van der Waals surface area contributed by atoms with Gasteiger partial charge in [0.15, 0.2) is 0 Å². The van der Waals surface area contributed by atoms with Crippen LogP contribution in [0.15, 0.2) is 47.4 Å². The van der Waals surface area contributed by atoms with E-state index in [1.165, 1.54) is 17.8 Å². The largest absolute Gasteiger partial charge is 0.446 e. The lowest BCUT2D eigenvalue weighted by Crippen LogP contribution is -2.48. The molecule has 0 atom stereocenters. The van der Waals surface area contributed by atoms with Crippen molar-refractivity contribution in [1.82, 2.24) is 9.80 Å². The minimum Gasteiger partial charge on any atom is -0.382 e. The Hall–Kier alpha value is -1.81. The normalized spacial score (nSPS) is 17.4. The van der Waals surface area contributed by atoms with Crippen molar-refractivity contribution in [2.45, 2.75) is 43.1 Å². The standard InChI is InChI=1S/C25H29Cl2F3N4OS.CH4/c26-18-1-4-21(5-2-18)33-15-13-32(14-16-33)10-9-24(35)34-11-7-19(8-12-34)31-20-3-6-22(27)23(17-20)36-25(28,29)30;/h1-6,17,19,31H,7-16H2;1H4. The van der Waals surface area contributed by atoms with Gasteiger partial charge in [0.1, 0.15) is 0 Å². The average Bonchev–Trinajstić information content (AvgIpc) is 2.85. The number of nitrogens with one attached hydrogen (secondary N) is 1. The second kappa shape index (κ2) is 13.3. The predicted molar refractivity (Wildman–Crippen MR) is 148 cm³/mol. The zero-order chi connectivity index (χ0) is 25.7. The lowest BCUT2D eigenvalue weighted by atomic mass is 10.0. The number of piperidine rings is 1. The fourth-order valence-electron chi connectivity index (χ4n) is 4.60. The van der Waals surface area contributed by atoms with Crippen LogP contribution in [0.3, 0.4) is 0 Å². The van der Waals surface area contributed by atoms with Crippen molar-refractivity contribution in [3.05, 3.63) is 52.5 Å². The summed E-state index contributed by atoms with van der Waals surface area (Å²) in [7, 11) is 0. The van der Waals surface area contributed by atoms with E-state index >= 15 is 0 Å². The molecular formula is C26H33Cl2F3N4OS. The molecule has 204 valence electrons. The van der Waals surface area contributed by atoms with Crippen molar-refractivity contribution in [2.75, 3.05) is 56.0 Å². The molecule has 2 aromatic carbocycles. The summed E-state index contributed by atoms with van der Waals surface area (Å²) in [4.78, 5) is 19.3. The van der Waals surface area contributed by atoms with Gasteiger partial charge in [-0.1, -0.05) is 30.6 Å². The second-order valence-electron chi connectivity index (χ2n) is 9.05. The number of halogens is 5. The van der Waals surface area contributed by atoms with Gasteiger partial charge in [0.25, 0.3) is 0 Å². The van der Waals surface area contributed by atoms with E-state index in [1.807, 2.05) is 29.2 Å². The molecule has 0 spiro atoms. The van der Waals surface area contributed by atoms with Crippen LogP contribution in [-0.4, -0.2) is 73.1 Å². The monoisotopic (exact) mass is 576 g/mol. The van der Waals surface area contributed by atoms with Gasteiger partial charge >= 0.3 is 5.51 Å². The zero-order valence-electron chi connectivity index (χ0n) is 19.7. The van der Waals surface area contributed by atoms with Gasteiger partial charge in [0.05, 0.1) is 5.02 Å². The van der Waals surface area contributed by atoms with E-state index in [2.05, 4.69) is 15.1 Å². The van der Waals surface area contributed by atoms with Crippen LogP contribution in [0.4, 0.5) is 24.5 Å². The van der Waals surface area contributed by atoms with E-state index in [0.717, 1.165) is 50.6 Å². The molecule has 2 saturated heterocycles. The Morgan fingerprint density at radius 3 is 2.24 bits per heavy atom. The highest BCUT2D eigenvalue weighted by Gasteiger charge is 2.31. The number of anilines is 2. The van der Waals surface area contributed by atoms with Crippen molar-refractivity contribution in [1.29, 1.82) is 0 Å². The van der Waals surface area contributed by atoms with Crippen molar-refractivity contribution < 1.29 is 18.0 Å².